The summed E-state index contributed by atoms with van der Waals surface area (Å²) in [5, 5.41) is 15.1. The Morgan fingerprint density at radius 2 is 1.82 bits per heavy atom. The Morgan fingerprint density at radius 3 is 2.57 bits per heavy atom. The van der Waals surface area contributed by atoms with E-state index in [1.54, 1.807) is 10.9 Å². The number of aryl methyl sites for hydroxylation is 1. The second-order valence-electron chi connectivity index (χ2n) is 7.95. The minimum absolute atomic E-state index is 0.250. The number of carbonyl (C=O) groups excluding carboxylic acids is 1. The van der Waals surface area contributed by atoms with Crippen molar-refractivity contribution in [2.45, 2.75) is 63.8 Å². The molecule has 2 aromatic heterocycles. The highest BCUT2D eigenvalue weighted by Gasteiger charge is 2.24. The lowest BCUT2D eigenvalue weighted by atomic mass is 9.86. The number of hydrogen-bond acceptors (Lipinski definition) is 4. The normalized spacial score (nSPS) is 18.9. The number of anilines is 2. The van der Waals surface area contributed by atoms with Crippen molar-refractivity contribution in [2.75, 3.05) is 23.8 Å². The van der Waals surface area contributed by atoms with Gasteiger partial charge in [0.2, 0.25) is 0 Å². The van der Waals surface area contributed by atoms with Crippen LogP contribution in [0.2, 0.25) is 0 Å². The van der Waals surface area contributed by atoms with Crippen molar-refractivity contribution in [3.63, 3.8) is 0 Å². The summed E-state index contributed by atoms with van der Waals surface area (Å²) in [4.78, 5) is 12.6. The summed E-state index contributed by atoms with van der Waals surface area (Å²) in [5.74, 6) is 0.434. The first kappa shape index (κ1) is 19.0. The first-order valence-corrected chi connectivity index (χ1v) is 10.3. The van der Waals surface area contributed by atoms with Gasteiger partial charge < -0.3 is 15.4 Å². The molecule has 0 radical (unpaired) electrons. The van der Waals surface area contributed by atoms with E-state index in [1.807, 2.05) is 24.9 Å². The van der Waals surface area contributed by atoms with Crippen molar-refractivity contribution in [3.8, 4) is 0 Å². The van der Waals surface area contributed by atoms with E-state index in [2.05, 4.69) is 20.8 Å². The predicted octanol–water partition coefficient (Wildman–Crippen LogP) is 3.97. The van der Waals surface area contributed by atoms with Crippen LogP contribution in [0.3, 0.4) is 0 Å². The first-order valence-electron chi connectivity index (χ1n) is 10.3. The molecule has 28 heavy (non-hydrogen) atoms. The second-order valence-corrected chi connectivity index (χ2v) is 7.95. The third-order valence-electron chi connectivity index (χ3n) is 5.93. The van der Waals surface area contributed by atoms with Crippen LogP contribution in [0.5, 0.6) is 0 Å². The molecule has 0 aromatic carbocycles. The standard InChI is InChI=1S/C20H30N6O2/c1-14-17(12-21-26(14)16-8-10-28-11-9-16)22-20(27)23-18-13-25(2)24-19(18)15-6-4-3-5-7-15/h12-13,15-16H,3-11H2,1-2H3,(H2,22,23,27). The van der Waals surface area contributed by atoms with E-state index >= 15 is 0 Å². The third-order valence-corrected chi connectivity index (χ3v) is 5.93. The maximum Gasteiger partial charge on any atom is 0.323 e. The lowest BCUT2D eigenvalue weighted by molar-refractivity contribution is 0.0657. The van der Waals surface area contributed by atoms with Gasteiger partial charge in [-0.15, -0.1) is 0 Å². The molecule has 2 N–H and O–H groups in total. The van der Waals surface area contributed by atoms with E-state index in [0.717, 1.165) is 61.7 Å². The number of amides is 2. The Morgan fingerprint density at radius 1 is 1.11 bits per heavy atom. The Balaban J connectivity index is 1.43. The van der Waals surface area contributed by atoms with Gasteiger partial charge in [0.1, 0.15) is 0 Å². The highest BCUT2D eigenvalue weighted by atomic mass is 16.5. The van der Waals surface area contributed by atoms with Gasteiger partial charge in [-0.1, -0.05) is 19.3 Å². The Hall–Kier alpha value is -2.35. The minimum Gasteiger partial charge on any atom is -0.381 e. The van der Waals surface area contributed by atoms with Crippen LogP contribution in [-0.4, -0.2) is 38.8 Å². The Kier molecular flexibility index (Phi) is 5.66. The van der Waals surface area contributed by atoms with Gasteiger partial charge in [-0.3, -0.25) is 9.36 Å². The van der Waals surface area contributed by atoms with Crippen LogP contribution in [0.4, 0.5) is 16.2 Å². The van der Waals surface area contributed by atoms with Gasteiger partial charge in [0.15, 0.2) is 0 Å². The number of urea groups is 1. The summed E-state index contributed by atoms with van der Waals surface area (Å²) in [6, 6.07) is 0.0864. The average molecular weight is 387 g/mol. The number of aromatic nitrogens is 4. The molecular formula is C20H30N6O2. The molecule has 1 saturated carbocycles. The van der Waals surface area contributed by atoms with Crippen molar-refractivity contribution in [1.29, 1.82) is 0 Å². The van der Waals surface area contributed by atoms with Crippen LogP contribution in [0.25, 0.3) is 0 Å². The van der Waals surface area contributed by atoms with Gasteiger partial charge in [-0.25, -0.2) is 4.79 Å². The maximum atomic E-state index is 12.6. The SMILES string of the molecule is Cc1c(NC(=O)Nc2cn(C)nc2C2CCCCC2)cnn1C1CCOCC1. The van der Waals surface area contributed by atoms with Crippen molar-refractivity contribution < 1.29 is 9.53 Å². The summed E-state index contributed by atoms with van der Waals surface area (Å²) in [5.41, 5.74) is 3.53. The molecule has 1 aliphatic heterocycles. The van der Waals surface area contributed by atoms with E-state index in [0.29, 0.717) is 12.0 Å². The summed E-state index contributed by atoms with van der Waals surface area (Å²) >= 11 is 0. The Labute approximate surface area is 165 Å². The van der Waals surface area contributed by atoms with Gasteiger partial charge >= 0.3 is 6.03 Å². The van der Waals surface area contributed by atoms with Gasteiger partial charge in [0.05, 0.1) is 35.0 Å². The van der Waals surface area contributed by atoms with E-state index in [4.69, 9.17) is 4.74 Å². The molecule has 0 unspecified atom stereocenters. The summed E-state index contributed by atoms with van der Waals surface area (Å²) in [7, 11) is 1.90. The number of rotatable bonds is 4. The summed E-state index contributed by atoms with van der Waals surface area (Å²) < 4.78 is 9.23. The molecule has 2 aliphatic rings. The van der Waals surface area contributed by atoms with Crippen LogP contribution in [0.15, 0.2) is 12.4 Å². The number of hydrogen-bond donors (Lipinski definition) is 2. The molecule has 0 bridgehead atoms. The molecule has 2 fully saturated rings. The lowest BCUT2D eigenvalue weighted by Gasteiger charge is -2.23. The monoisotopic (exact) mass is 386 g/mol. The molecule has 0 atom stereocenters. The summed E-state index contributed by atoms with van der Waals surface area (Å²) in [6.45, 7) is 3.52. The van der Waals surface area contributed by atoms with Crippen LogP contribution >= 0.6 is 0 Å². The summed E-state index contributed by atoms with van der Waals surface area (Å²) in [6.07, 6.45) is 11.6. The molecule has 2 aromatic rings. The minimum atomic E-state index is -0.250. The van der Waals surface area contributed by atoms with E-state index in [-0.39, 0.29) is 6.03 Å². The zero-order valence-electron chi connectivity index (χ0n) is 16.8. The highest BCUT2D eigenvalue weighted by Crippen LogP contribution is 2.35. The van der Waals surface area contributed by atoms with Crippen LogP contribution in [0, 0.1) is 6.92 Å². The van der Waals surface area contributed by atoms with Gasteiger partial charge in [-0.2, -0.15) is 10.2 Å². The molecule has 1 aliphatic carbocycles. The molecule has 152 valence electrons. The molecule has 3 heterocycles. The molecule has 2 amide bonds. The number of nitrogens with one attached hydrogen (secondary N) is 2. The van der Waals surface area contributed by atoms with Crippen molar-refractivity contribution in [2.24, 2.45) is 7.05 Å². The van der Waals surface area contributed by atoms with Crippen molar-refractivity contribution in [3.05, 3.63) is 23.8 Å². The molecule has 4 rings (SSSR count). The Bertz CT molecular complexity index is 815. The highest BCUT2D eigenvalue weighted by molar-refractivity contribution is 6.00. The zero-order chi connectivity index (χ0) is 19.5. The first-order chi connectivity index (χ1) is 13.6. The number of ether oxygens (including phenoxy) is 1. The van der Waals surface area contributed by atoms with E-state index in [9.17, 15) is 4.79 Å². The van der Waals surface area contributed by atoms with Crippen molar-refractivity contribution in [1.82, 2.24) is 19.6 Å². The predicted molar refractivity (Wildman–Crippen MR) is 108 cm³/mol. The second kappa shape index (κ2) is 8.34. The third kappa shape index (κ3) is 4.06. The fourth-order valence-corrected chi connectivity index (χ4v) is 4.40. The van der Waals surface area contributed by atoms with Gasteiger partial charge in [0.25, 0.3) is 0 Å². The fourth-order valence-electron chi connectivity index (χ4n) is 4.40. The van der Waals surface area contributed by atoms with Crippen LogP contribution in [-0.2, 0) is 11.8 Å². The molecule has 1 saturated heterocycles. The van der Waals surface area contributed by atoms with E-state index in [1.165, 1.54) is 19.3 Å². The number of carbonyl (C=O) groups is 1. The van der Waals surface area contributed by atoms with Crippen molar-refractivity contribution >= 4 is 17.4 Å². The van der Waals surface area contributed by atoms with Crippen LogP contribution < -0.4 is 10.6 Å². The zero-order valence-corrected chi connectivity index (χ0v) is 16.8. The average Bonchev–Trinajstić information content (AvgIpc) is 3.25. The molecule has 0 spiro atoms. The largest absolute Gasteiger partial charge is 0.381 e. The van der Waals surface area contributed by atoms with Crippen LogP contribution in [0.1, 0.15) is 68.3 Å². The smallest absolute Gasteiger partial charge is 0.323 e. The topological polar surface area (TPSA) is 86.0 Å². The maximum absolute atomic E-state index is 12.6. The lowest BCUT2D eigenvalue weighted by Crippen LogP contribution is -2.23. The quantitative estimate of drug-likeness (QED) is 0.832. The fraction of sp³-hybridized carbons (Fsp3) is 0.650. The number of nitrogens with zero attached hydrogens (tertiary/aromatic N) is 4. The van der Waals surface area contributed by atoms with Gasteiger partial charge in [0, 0.05) is 32.4 Å². The van der Waals surface area contributed by atoms with E-state index < -0.39 is 0 Å². The molecular weight excluding hydrogens is 356 g/mol. The van der Waals surface area contributed by atoms with Gasteiger partial charge in [-0.05, 0) is 32.6 Å². The molecule has 8 heteroatoms. The molecule has 8 nitrogen and oxygen atoms in total.